The predicted octanol–water partition coefficient (Wildman–Crippen LogP) is 4.76. The fourth-order valence-electron chi connectivity index (χ4n) is 4.38. The van der Waals surface area contributed by atoms with Gasteiger partial charge in [-0.2, -0.15) is 0 Å². The largest absolute Gasteiger partial charge is 0.444 e. The number of likely N-dealkylation sites (tertiary alicyclic amines) is 1. The molecule has 4 rings (SSSR count). The molecule has 2 aromatic carbocycles. The zero-order chi connectivity index (χ0) is 20.8. The number of hydrogen-bond acceptors (Lipinski definition) is 3. The van der Waals surface area contributed by atoms with Crippen molar-refractivity contribution in [1.29, 1.82) is 0 Å². The third kappa shape index (κ3) is 3.88. The molecular weight excluding hydrogens is 367 g/mol. The van der Waals surface area contributed by atoms with Gasteiger partial charge in [-0.25, -0.2) is 9.18 Å². The van der Waals surface area contributed by atoms with Crippen molar-refractivity contribution in [2.45, 2.75) is 57.7 Å². The summed E-state index contributed by atoms with van der Waals surface area (Å²) in [7, 11) is 0. The maximum atomic E-state index is 15.4. The molecule has 1 spiro atoms. The predicted molar refractivity (Wildman–Crippen MR) is 112 cm³/mol. The first-order chi connectivity index (χ1) is 13.7. The molecule has 0 unspecified atom stereocenters. The number of nitrogens with two attached hydrogens (primary N) is 1. The van der Waals surface area contributed by atoms with Crippen LogP contribution in [0.25, 0.3) is 11.1 Å². The van der Waals surface area contributed by atoms with Crippen LogP contribution in [0, 0.1) is 11.2 Å². The Labute approximate surface area is 171 Å². The summed E-state index contributed by atoms with van der Waals surface area (Å²) in [5.41, 5.74) is 7.96. The van der Waals surface area contributed by atoms with Gasteiger partial charge in [-0.05, 0) is 51.2 Å². The second kappa shape index (κ2) is 7.13. The monoisotopic (exact) mass is 396 g/mol. The SMILES string of the molecule is CC(C)(C)OC(=O)N1CC2(CC2)[C@H](N)[C@@H]1Cc1cccc(-c2ccccc2)c1F. The lowest BCUT2D eigenvalue weighted by Crippen LogP contribution is -2.46. The van der Waals surface area contributed by atoms with Gasteiger partial charge < -0.3 is 15.4 Å². The molecule has 1 amide bonds. The molecule has 0 bridgehead atoms. The Morgan fingerprint density at radius 1 is 1.17 bits per heavy atom. The molecule has 2 fully saturated rings. The van der Waals surface area contributed by atoms with Crippen LogP contribution < -0.4 is 5.73 Å². The summed E-state index contributed by atoms with van der Waals surface area (Å²) >= 11 is 0. The van der Waals surface area contributed by atoms with Crippen LogP contribution in [0.3, 0.4) is 0 Å². The number of carbonyl (C=O) groups excluding carboxylic acids is 1. The number of nitrogens with zero attached hydrogens (tertiary/aromatic N) is 1. The molecule has 1 heterocycles. The van der Waals surface area contributed by atoms with Crippen LogP contribution in [0.5, 0.6) is 0 Å². The Hall–Kier alpha value is -2.40. The summed E-state index contributed by atoms with van der Waals surface area (Å²) < 4.78 is 21.0. The molecule has 2 N–H and O–H groups in total. The van der Waals surface area contributed by atoms with Gasteiger partial charge >= 0.3 is 6.09 Å². The van der Waals surface area contributed by atoms with E-state index in [4.69, 9.17) is 10.5 Å². The molecule has 2 aromatic rings. The number of rotatable bonds is 3. The van der Waals surface area contributed by atoms with Crippen LogP contribution in [-0.4, -0.2) is 35.2 Å². The minimum atomic E-state index is -0.580. The summed E-state index contributed by atoms with van der Waals surface area (Å²) in [6, 6.07) is 14.5. The van der Waals surface area contributed by atoms with E-state index >= 15 is 4.39 Å². The maximum Gasteiger partial charge on any atom is 0.410 e. The summed E-state index contributed by atoms with van der Waals surface area (Å²) in [6.07, 6.45) is 2.04. The van der Waals surface area contributed by atoms with E-state index in [0.29, 0.717) is 24.1 Å². The molecule has 2 atom stereocenters. The van der Waals surface area contributed by atoms with Crippen molar-refractivity contribution >= 4 is 6.09 Å². The highest BCUT2D eigenvalue weighted by molar-refractivity contribution is 5.70. The lowest BCUT2D eigenvalue weighted by atomic mass is 9.91. The molecule has 1 aliphatic carbocycles. The van der Waals surface area contributed by atoms with Gasteiger partial charge in [-0.1, -0.05) is 48.5 Å². The molecule has 4 nitrogen and oxygen atoms in total. The molecule has 5 heteroatoms. The number of amides is 1. The standard InChI is InChI=1S/C24H29FN2O2/c1-23(2,3)29-22(28)27-15-24(12-13-24)21(26)19(27)14-17-10-7-11-18(20(17)25)16-8-5-4-6-9-16/h4-11,19,21H,12-15,26H2,1-3H3/t19-,21+/m0/s1. The van der Waals surface area contributed by atoms with Crippen molar-refractivity contribution in [1.82, 2.24) is 4.90 Å². The zero-order valence-corrected chi connectivity index (χ0v) is 17.3. The van der Waals surface area contributed by atoms with Gasteiger partial charge in [-0.15, -0.1) is 0 Å². The normalized spacial score (nSPS) is 22.7. The van der Waals surface area contributed by atoms with Gasteiger partial charge in [0.2, 0.25) is 0 Å². The summed E-state index contributed by atoms with van der Waals surface area (Å²) in [5.74, 6) is -0.244. The molecule has 1 aliphatic heterocycles. The number of ether oxygens (including phenoxy) is 1. The summed E-state index contributed by atoms with van der Waals surface area (Å²) in [4.78, 5) is 14.6. The molecular formula is C24H29FN2O2. The average molecular weight is 397 g/mol. The Kier molecular flexibility index (Phi) is 4.89. The van der Waals surface area contributed by atoms with E-state index < -0.39 is 5.60 Å². The van der Waals surface area contributed by atoms with E-state index in [2.05, 4.69) is 0 Å². The van der Waals surface area contributed by atoms with Crippen LogP contribution in [0.4, 0.5) is 9.18 Å². The Morgan fingerprint density at radius 3 is 2.48 bits per heavy atom. The first-order valence-electron chi connectivity index (χ1n) is 10.3. The van der Waals surface area contributed by atoms with Gasteiger partial charge in [0.15, 0.2) is 0 Å². The van der Waals surface area contributed by atoms with Gasteiger partial charge in [0.25, 0.3) is 0 Å². The minimum Gasteiger partial charge on any atom is -0.444 e. The fourth-order valence-corrected chi connectivity index (χ4v) is 4.38. The van der Waals surface area contributed by atoms with Crippen LogP contribution in [0.2, 0.25) is 0 Å². The topological polar surface area (TPSA) is 55.6 Å². The molecule has 154 valence electrons. The van der Waals surface area contributed by atoms with Crippen LogP contribution in [0.15, 0.2) is 48.5 Å². The van der Waals surface area contributed by atoms with Crippen LogP contribution in [-0.2, 0) is 11.2 Å². The van der Waals surface area contributed by atoms with Crippen LogP contribution in [0.1, 0.15) is 39.2 Å². The first kappa shape index (κ1) is 19.9. The second-order valence-corrected chi connectivity index (χ2v) is 9.41. The van der Waals surface area contributed by atoms with Gasteiger partial charge in [0.05, 0.1) is 6.04 Å². The van der Waals surface area contributed by atoms with E-state index in [1.54, 1.807) is 17.0 Å². The van der Waals surface area contributed by atoms with Crippen molar-refractivity contribution in [3.63, 3.8) is 0 Å². The van der Waals surface area contributed by atoms with Gasteiger partial charge in [0.1, 0.15) is 11.4 Å². The highest BCUT2D eigenvalue weighted by Gasteiger charge is 2.59. The third-order valence-corrected chi connectivity index (χ3v) is 6.12. The van der Waals surface area contributed by atoms with E-state index in [9.17, 15) is 4.79 Å². The summed E-state index contributed by atoms with van der Waals surface area (Å²) in [5, 5.41) is 0. The average Bonchev–Trinajstić information content (AvgIpc) is 3.40. The van der Waals surface area contributed by atoms with Crippen molar-refractivity contribution in [3.8, 4) is 11.1 Å². The molecule has 0 aromatic heterocycles. The van der Waals surface area contributed by atoms with E-state index in [0.717, 1.165) is 18.4 Å². The van der Waals surface area contributed by atoms with Crippen molar-refractivity contribution < 1.29 is 13.9 Å². The maximum absolute atomic E-state index is 15.4. The van der Waals surface area contributed by atoms with Crippen LogP contribution >= 0.6 is 0 Å². The molecule has 1 saturated carbocycles. The Bertz CT molecular complexity index is 903. The molecule has 1 saturated heterocycles. The summed E-state index contributed by atoms with van der Waals surface area (Å²) in [6.45, 7) is 6.15. The Morgan fingerprint density at radius 2 is 1.86 bits per heavy atom. The number of carbonyl (C=O) groups is 1. The third-order valence-electron chi connectivity index (χ3n) is 6.12. The lowest BCUT2D eigenvalue weighted by Gasteiger charge is -2.30. The quantitative estimate of drug-likeness (QED) is 0.814. The fraction of sp³-hybridized carbons (Fsp3) is 0.458. The highest BCUT2D eigenvalue weighted by atomic mass is 19.1. The van der Waals surface area contributed by atoms with Gasteiger partial charge in [-0.3, -0.25) is 0 Å². The van der Waals surface area contributed by atoms with Crippen molar-refractivity contribution in [2.24, 2.45) is 11.1 Å². The number of benzene rings is 2. The number of halogens is 1. The van der Waals surface area contributed by atoms with Crippen molar-refractivity contribution in [2.75, 3.05) is 6.54 Å². The zero-order valence-electron chi connectivity index (χ0n) is 17.3. The second-order valence-electron chi connectivity index (χ2n) is 9.41. The smallest absolute Gasteiger partial charge is 0.410 e. The Balaban J connectivity index is 1.62. The minimum absolute atomic E-state index is 0.0327. The van der Waals surface area contributed by atoms with E-state index in [-0.39, 0.29) is 29.4 Å². The van der Waals surface area contributed by atoms with E-state index in [1.807, 2.05) is 57.2 Å². The number of hydrogen-bond donors (Lipinski definition) is 1. The highest BCUT2D eigenvalue weighted by Crippen LogP contribution is 2.54. The van der Waals surface area contributed by atoms with Gasteiger partial charge in [0, 0.05) is 23.6 Å². The molecule has 0 radical (unpaired) electrons. The lowest BCUT2D eigenvalue weighted by molar-refractivity contribution is 0.0215. The molecule has 29 heavy (non-hydrogen) atoms. The van der Waals surface area contributed by atoms with Crippen molar-refractivity contribution in [3.05, 3.63) is 59.9 Å². The first-order valence-corrected chi connectivity index (χ1v) is 10.3. The van der Waals surface area contributed by atoms with E-state index in [1.165, 1.54) is 0 Å². The molecule has 2 aliphatic rings.